The summed E-state index contributed by atoms with van der Waals surface area (Å²) in [5.41, 5.74) is -0.449. The van der Waals surface area contributed by atoms with Crippen molar-refractivity contribution in [3.05, 3.63) is 33.3 Å². The number of carbonyl (C=O) groups is 2. The zero-order valence-electron chi connectivity index (χ0n) is 8.54. The number of aliphatic hydroxyl groups is 1. The molecule has 0 aromatic heterocycles. The quantitative estimate of drug-likeness (QED) is 0.777. The Labute approximate surface area is 107 Å². The highest BCUT2D eigenvalue weighted by Gasteiger charge is 2.21. The lowest BCUT2D eigenvalue weighted by molar-refractivity contribution is 0.0691. The Morgan fingerprint density at radius 2 is 1.94 bits per heavy atom. The van der Waals surface area contributed by atoms with E-state index in [9.17, 15) is 9.59 Å². The summed E-state index contributed by atoms with van der Waals surface area (Å²) < 4.78 is 0. The Morgan fingerprint density at radius 1 is 1.29 bits per heavy atom. The van der Waals surface area contributed by atoms with Crippen LogP contribution in [0.25, 0.3) is 0 Å². The third-order valence-electron chi connectivity index (χ3n) is 1.95. The first kappa shape index (κ1) is 13.8. The zero-order chi connectivity index (χ0) is 13.0. The maximum atomic E-state index is 11.6. The van der Waals surface area contributed by atoms with Gasteiger partial charge in [-0.1, -0.05) is 23.2 Å². The summed E-state index contributed by atoms with van der Waals surface area (Å²) in [5, 5.41) is 19.7. The summed E-state index contributed by atoms with van der Waals surface area (Å²) in [6, 6.07) is 2.61. The van der Waals surface area contributed by atoms with Gasteiger partial charge < -0.3 is 15.5 Å². The van der Waals surface area contributed by atoms with E-state index in [-0.39, 0.29) is 34.3 Å². The molecule has 0 bridgehead atoms. The molecule has 0 aliphatic carbocycles. The van der Waals surface area contributed by atoms with E-state index in [2.05, 4.69) is 5.32 Å². The number of carbonyl (C=O) groups excluding carboxylic acids is 1. The first-order valence-electron chi connectivity index (χ1n) is 4.59. The number of benzene rings is 1. The molecule has 0 atom stereocenters. The number of hydrogen-bond acceptors (Lipinski definition) is 3. The molecule has 0 fully saturated rings. The topological polar surface area (TPSA) is 86.6 Å². The van der Waals surface area contributed by atoms with E-state index in [1.807, 2.05) is 0 Å². The maximum absolute atomic E-state index is 11.6. The first-order valence-corrected chi connectivity index (χ1v) is 5.35. The molecule has 17 heavy (non-hydrogen) atoms. The van der Waals surface area contributed by atoms with Crippen LogP contribution in [-0.4, -0.2) is 35.2 Å². The van der Waals surface area contributed by atoms with Gasteiger partial charge in [0.05, 0.1) is 27.8 Å². The number of aromatic carboxylic acids is 1. The molecular formula is C10H9Cl2NO4. The number of amides is 1. The number of aliphatic hydroxyl groups excluding tert-OH is 1. The smallest absolute Gasteiger partial charge is 0.338 e. The second-order valence-electron chi connectivity index (χ2n) is 3.07. The summed E-state index contributed by atoms with van der Waals surface area (Å²) in [4.78, 5) is 22.6. The van der Waals surface area contributed by atoms with Crippen LogP contribution < -0.4 is 5.32 Å². The lowest BCUT2D eigenvalue weighted by atomic mass is 10.1. The summed E-state index contributed by atoms with van der Waals surface area (Å²) in [5.74, 6) is -1.97. The minimum absolute atomic E-state index is 0.0259. The highest BCUT2D eigenvalue weighted by molar-refractivity contribution is 6.44. The minimum atomic E-state index is -1.34. The maximum Gasteiger partial charge on any atom is 0.338 e. The van der Waals surface area contributed by atoms with Gasteiger partial charge in [-0.15, -0.1) is 0 Å². The lowest BCUT2D eigenvalue weighted by Gasteiger charge is -2.09. The van der Waals surface area contributed by atoms with Gasteiger partial charge in [0.15, 0.2) is 0 Å². The van der Waals surface area contributed by atoms with Crippen LogP contribution in [0.2, 0.25) is 10.0 Å². The van der Waals surface area contributed by atoms with E-state index in [0.29, 0.717) is 0 Å². The molecular weight excluding hydrogens is 269 g/mol. The predicted molar refractivity (Wildman–Crippen MR) is 62.8 cm³/mol. The fourth-order valence-corrected chi connectivity index (χ4v) is 1.62. The van der Waals surface area contributed by atoms with Crippen LogP contribution in [0.5, 0.6) is 0 Å². The number of rotatable bonds is 4. The van der Waals surface area contributed by atoms with Crippen molar-refractivity contribution in [2.75, 3.05) is 13.2 Å². The molecule has 3 N–H and O–H groups in total. The molecule has 0 radical (unpaired) electrons. The van der Waals surface area contributed by atoms with Crippen molar-refractivity contribution in [3.63, 3.8) is 0 Å². The van der Waals surface area contributed by atoms with Crippen molar-refractivity contribution in [1.29, 1.82) is 0 Å². The van der Waals surface area contributed by atoms with Crippen LogP contribution in [-0.2, 0) is 0 Å². The van der Waals surface area contributed by atoms with Crippen LogP contribution in [0.1, 0.15) is 20.7 Å². The molecule has 0 aliphatic rings. The van der Waals surface area contributed by atoms with E-state index in [4.69, 9.17) is 33.4 Å². The van der Waals surface area contributed by atoms with Gasteiger partial charge >= 0.3 is 5.97 Å². The highest BCUT2D eigenvalue weighted by Crippen LogP contribution is 2.28. The molecule has 5 nitrogen and oxygen atoms in total. The summed E-state index contributed by atoms with van der Waals surface area (Å²) >= 11 is 11.4. The average molecular weight is 278 g/mol. The Balaban J connectivity index is 3.20. The SMILES string of the molecule is O=C(NCCO)c1ccc(Cl)c(Cl)c1C(=O)O. The molecule has 0 unspecified atom stereocenters. The van der Waals surface area contributed by atoms with Gasteiger partial charge in [0.1, 0.15) is 0 Å². The molecule has 0 heterocycles. The Morgan fingerprint density at radius 3 is 2.47 bits per heavy atom. The minimum Gasteiger partial charge on any atom is -0.478 e. The standard InChI is InChI=1S/C10H9Cl2NO4/c11-6-2-1-5(9(15)13-3-4-14)7(8(6)12)10(16)17/h1-2,14H,3-4H2,(H,13,15)(H,16,17). The van der Waals surface area contributed by atoms with Crippen LogP contribution in [0.15, 0.2) is 12.1 Å². The van der Waals surface area contributed by atoms with Gasteiger partial charge in [-0.25, -0.2) is 4.79 Å². The van der Waals surface area contributed by atoms with Crippen molar-refractivity contribution in [1.82, 2.24) is 5.32 Å². The normalized spacial score (nSPS) is 10.1. The molecule has 1 amide bonds. The second-order valence-corrected chi connectivity index (χ2v) is 3.85. The van der Waals surface area contributed by atoms with Gasteiger partial charge in [0.2, 0.25) is 0 Å². The molecule has 92 valence electrons. The Hall–Kier alpha value is -1.30. The van der Waals surface area contributed by atoms with Gasteiger partial charge in [-0.05, 0) is 12.1 Å². The fraction of sp³-hybridized carbons (Fsp3) is 0.200. The van der Waals surface area contributed by atoms with Gasteiger partial charge in [-0.3, -0.25) is 4.79 Å². The molecule has 1 aromatic carbocycles. The summed E-state index contributed by atoms with van der Waals surface area (Å²) in [7, 11) is 0. The molecule has 7 heteroatoms. The van der Waals surface area contributed by atoms with Crippen molar-refractivity contribution in [2.24, 2.45) is 0 Å². The van der Waals surface area contributed by atoms with Gasteiger partial charge in [0, 0.05) is 6.54 Å². The average Bonchev–Trinajstić information content (AvgIpc) is 2.28. The van der Waals surface area contributed by atoms with Crippen molar-refractivity contribution >= 4 is 35.1 Å². The number of halogens is 2. The van der Waals surface area contributed by atoms with Crippen LogP contribution in [0, 0.1) is 0 Å². The van der Waals surface area contributed by atoms with Crippen LogP contribution >= 0.6 is 23.2 Å². The van der Waals surface area contributed by atoms with Crippen LogP contribution in [0.3, 0.4) is 0 Å². The molecule has 1 aromatic rings. The fourth-order valence-electron chi connectivity index (χ4n) is 1.21. The molecule has 0 aliphatic heterocycles. The van der Waals surface area contributed by atoms with Crippen LogP contribution in [0.4, 0.5) is 0 Å². The lowest BCUT2D eigenvalue weighted by Crippen LogP contribution is -2.28. The number of hydrogen-bond donors (Lipinski definition) is 3. The summed E-state index contributed by atoms with van der Waals surface area (Å²) in [6.45, 7) is -0.215. The van der Waals surface area contributed by atoms with E-state index >= 15 is 0 Å². The van der Waals surface area contributed by atoms with Crippen molar-refractivity contribution in [2.45, 2.75) is 0 Å². The summed E-state index contributed by atoms with van der Waals surface area (Å²) in [6.07, 6.45) is 0. The van der Waals surface area contributed by atoms with E-state index in [1.165, 1.54) is 12.1 Å². The van der Waals surface area contributed by atoms with Gasteiger partial charge in [0.25, 0.3) is 5.91 Å². The molecule has 0 spiro atoms. The van der Waals surface area contributed by atoms with E-state index in [1.54, 1.807) is 0 Å². The third-order valence-corrected chi connectivity index (χ3v) is 2.75. The molecule has 1 rings (SSSR count). The highest BCUT2D eigenvalue weighted by atomic mass is 35.5. The van der Waals surface area contributed by atoms with Gasteiger partial charge in [-0.2, -0.15) is 0 Å². The molecule has 0 saturated carbocycles. The van der Waals surface area contributed by atoms with E-state index in [0.717, 1.165) is 0 Å². The predicted octanol–water partition coefficient (Wildman–Crippen LogP) is 1.41. The number of carboxylic acid groups (broad SMARTS) is 1. The first-order chi connectivity index (χ1) is 7.99. The largest absolute Gasteiger partial charge is 0.478 e. The second kappa shape index (κ2) is 5.86. The monoisotopic (exact) mass is 277 g/mol. The van der Waals surface area contributed by atoms with Crippen molar-refractivity contribution in [3.8, 4) is 0 Å². The third kappa shape index (κ3) is 3.09. The number of nitrogens with one attached hydrogen (secondary N) is 1. The van der Waals surface area contributed by atoms with E-state index < -0.39 is 11.9 Å². The Kier molecular flexibility index (Phi) is 4.74. The number of carboxylic acids is 1. The zero-order valence-corrected chi connectivity index (χ0v) is 10.0. The molecule has 0 saturated heterocycles. The van der Waals surface area contributed by atoms with Crippen molar-refractivity contribution < 1.29 is 19.8 Å². The Bertz CT molecular complexity index is 462.